The lowest BCUT2D eigenvalue weighted by atomic mass is 9.72. The molecule has 1 heterocycles. The van der Waals surface area contributed by atoms with Gasteiger partial charge in [-0.3, -0.25) is 0 Å². The molecule has 1 nitrogen and oxygen atoms in total. The molecule has 0 spiro atoms. The van der Waals surface area contributed by atoms with E-state index in [9.17, 15) is 0 Å². The van der Waals surface area contributed by atoms with Crippen molar-refractivity contribution in [2.45, 2.75) is 64.3 Å². The van der Waals surface area contributed by atoms with Gasteiger partial charge in [0.2, 0.25) is 0 Å². The van der Waals surface area contributed by atoms with Crippen molar-refractivity contribution in [3.8, 4) is 0 Å². The fourth-order valence-corrected chi connectivity index (χ4v) is 5.32. The molecule has 1 saturated heterocycles. The summed E-state index contributed by atoms with van der Waals surface area (Å²) in [6.07, 6.45) is 11.7. The van der Waals surface area contributed by atoms with Crippen molar-refractivity contribution >= 4 is 11.8 Å². The molecule has 1 aliphatic heterocycles. The summed E-state index contributed by atoms with van der Waals surface area (Å²) in [7, 11) is 2.20. The van der Waals surface area contributed by atoms with Crippen molar-refractivity contribution in [3.05, 3.63) is 0 Å². The normalized spacial score (nSPS) is 32.3. The monoisotopic (exact) mass is 269 g/mol. The van der Waals surface area contributed by atoms with Gasteiger partial charge in [0.1, 0.15) is 0 Å². The van der Waals surface area contributed by atoms with Crippen LogP contribution in [0.1, 0.15) is 58.3 Å². The molecule has 2 heteroatoms. The summed E-state index contributed by atoms with van der Waals surface area (Å²) < 4.78 is 0. The van der Waals surface area contributed by atoms with Gasteiger partial charge in [-0.25, -0.2) is 0 Å². The average molecular weight is 269 g/mol. The van der Waals surface area contributed by atoms with Crippen LogP contribution < -0.4 is 5.32 Å². The summed E-state index contributed by atoms with van der Waals surface area (Å²) in [4.78, 5) is 0. The topological polar surface area (TPSA) is 12.0 Å². The van der Waals surface area contributed by atoms with Gasteiger partial charge >= 0.3 is 0 Å². The van der Waals surface area contributed by atoms with Crippen LogP contribution in [-0.2, 0) is 0 Å². The molecule has 18 heavy (non-hydrogen) atoms. The Morgan fingerprint density at radius 1 is 1.11 bits per heavy atom. The molecular weight excluding hydrogens is 238 g/mol. The molecular formula is C16H31NS. The Bertz CT molecular complexity index is 225. The second-order valence-electron chi connectivity index (χ2n) is 6.30. The maximum atomic E-state index is 3.68. The molecule has 0 aromatic heterocycles. The molecule has 3 unspecified atom stereocenters. The van der Waals surface area contributed by atoms with Gasteiger partial charge in [0.15, 0.2) is 0 Å². The van der Waals surface area contributed by atoms with E-state index < -0.39 is 0 Å². The molecule has 0 radical (unpaired) electrons. The van der Waals surface area contributed by atoms with Crippen molar-refractivity contribution in [1.82, 2.24) is 5.32 Å². The minimum Gasteiger partial charge on any atom is -0.317 e. The Kier molecular flexibility index (Phi) is 6.37. The lowest BCUT2D eigenvalue weighted by molar-refractivity contribution is 0.160. The molecule has 1 N–H and O–H groups in total. The first-order valence-corrected chi connectivity index (χ1v) is 9.25. The molecule has 0 aromatic rings. The van der Waals surface area contributed by atoms with E-state index >= 15 is 0 Å². The summed E-state index contributed by atoms with van der Waals surface area (Å²) in [5, 5.41) is 3.68. The van der Waals surface area contributed by atoms with Gasteiger partial charge in [0, 0.05) is 6.04 Å². The van der Waals surface area contributed by atoms with E-state index in [4.69, 9.17) is 0 Å². The van der Waals surface area contributed by atoms with Crippen LogP contribution in [-0.4, -0.2) is 24.6 Å². The van der Waals surface area contributed by atoms with E-state index in [1.807, 2.05) is 0 Å². The van der Waals surface area contributed by atoms with Gasteiger partial charge in [-0.05, 0) is 62.0 Å². The molecule has 1 saturated carbocycles. The first-order valence-electron chi connectivity index (χ1n) is 8.10. The van der Waals surface area contributed by atoms with Crippen molar-refractivity contribution in [2.24, 2.45) is 17.8 Å². The highest BCUT2D eigenvalue weighted by Gasteiger charge is 2.31. The SMILES string of the molecule is CCC1CCCCC1C(CC1CCSCC1)NC. The van der Waals surface area contributed by atoms with Crippen LogP contribution in [0.5, 0.6) is 0 Å². The first kappa shape index (κ1) is 14.7. The average Bonchev–Trinajstić information content (AvgIpc) is 2.46. The molecule has 2 aliphatic rings. The predicted molar refractivity (Wildman–Crippen MR) is 83.3 cm³/mol. The van der Waals surface area contributed by atoms with Crippen LogP contribution in [0, 0.1) is 17.8 Å². The standard InChI is InChI=1S/C16H31NS/c1-3-14-6-4-5-7-15(14)16(17-2)12-13-8-10-18-11-9-13/h13-17H,3-12H2,1-2H3. The molecule has 0 aromatic carbocycles. The van der Waals surface area contributed by atoms with Crippen LogP contribution in [0.25, 0.3) is 0 Å². The Balaban J connectivity index is 1.89. The second kappa shape index (κ2) is 7.79. The third kappa shape index (κ3) is 3.90. The van der Waals surface area contributed by atoms with Crippen molar-refractivity contribution in [2.75, 3.05) is 18.6 Å². The Labute approximate surface area is 118 Å². The number of thioether (sulfide) groups is 1. The zero-order valence-corrected chi connectivity index (χ0v) is 13.1. The number of rotatable bonds is 5. The minimum absolute atomic E-state index is 0.795. The zero-order valence-electron chi connectivity index (χ0n) is 12.3. The summed E-state index contributed by atoms with van der Waals surface area (Å²) >= 11 is 2.15. The minimum atomic E-state index is 0.795. The van der Waals surface area contributed by atoms with E-state index in [0.29, 0.717) is 0 Å². The third-order valence-corrected chi connectivity index (χ3v) is 6.36. The van der Waals surface area contributed by atoms with Gasteiger partial charge in [0.25, 0.3) is 0 Å². The maximum absolute atomic E-state index is 3.68. The highest BCUT2D eigenvalue weighted by Crippen LogP contribution is 2.37. The zero-order chi connectivity index (χ0) is 12.8. The van der Waals surface area contributed by atoms with E-state index in [2.05, 4.69) is 31.1 Å². The Morgan fingerprint density at radius 2 is 1.83 bits per heavy atom. The van der Waals surface area contributed by atoms with E-state index in [1.165, 1.54) is 62.9 Å². The van der Waals surface area contributed by atoms with Crippen LogP contribution in [0.4, 0.5) is 0 Å². The highest BCUT2D eigenvalue weighted by molar-refractivity contribution is 7.99. The lowest BCUT2D eigenvalue weighted by Crippen LogP contribution is -2.41. The van der Waals surface area contributed by atoms with Gasteiger partial charge in [-0.15, -0.1) is 0 Å². The molecule has 0 bridgehead atoms. The van der Waals surface area contributed by atoms with Crippen LogP contribution in [0.2, 0.25) is 0 Å². The van der Waals surface area contributed by atoms with Crippen molar-refractivity contribution < 1.29 is 0 Å². The van der Waals surface area contributed by atoms with E-state index in [-0.39, 0.29) is 0 Å². The molecule has 0 amide bonds. The molecule has 2 fully saturated rings. The van der Waals surface area contributed by atoms with Crippen molar-refractivity contribution in [3.63, 3.8) is 0 Å². The smallest absolute Gasteiger partial charge is 0.00976 e. The largest absolute Gasteiger partial charge is 0.317 e. The molecule has 2 rings (SSSR count). The molecule has 3 atom stereocenters. The summed E-state index contributed by atoms with van der Waals surface area (Å²) in [6, 6.07) is 0.795. The van der Waals surface area contributed by atoms with Gasteiger partial charge < -0.3 is 5.32 Å². The molecule has 106 valence electrons. The quantitative estimate of drug-likeness (QED) is 0.797. The summed E-state index contributed by atoms with van der Waals surface area (Å²) in [6.45, 7) is 2.40. The van der Waals surface area contributed by atoms with Crippen LogP contribution in [0.15, 0.2) is 0 Å². The summed E-state index contributed by atoms with van der Waals surface area (Å²) in [5.74, 6) is 5.77. The van der Waals surface area contributed by atoms with Crippen molar-refractivity contribution in [1.29, 1.82) is 0 Å². The third-order valence-electron chi connectivity index (χ3n) is 5.31. The number of nitrogens with one attached hydrogen (secondary N) is 1. The summed E-state index contributed by atoms with van der Waals surface area (Å²) in [5.41, 5.74) is 0. The van der Waals surface area contributed by atoms with Crippen LogP contribution in [0.3, 0.4) is 0 Å². The Morgan fingerprint density at radius 3 is 2.50 bits per heavy atom. The lowest BCUT2D eigenvalue weighted by Gasteiger charge is -2.39. The van der Waals surface area contributed by atoms with Gasteiger partial charge in [0.05, 0.1) is 0 Å². The van der Waals surface area contributed by atoms with E-state index in [0.717, 1.165) is 23.8 Å². The van der Waals surface area contributed by atoms with Gasteiger partial charge in [-0.2, -0.15) is 11.8 Å². The van der Waals surface area contributed by atoms with E-state index in [1.54, 1.807) is 0 Å². The maximum Gasteiger partial charge on any atom is 0.00976 e. The van der Waals surface area contributed by atoms with Gasteiger partial charge in [-0.1, -0.05) is 32.6 Å². The number of hydrogen-bond donors (Lipinski definition) is 1. The second-order valence-corrected chi connectivity index (χ2v) is 7.53. The predicted octanol–water partition coefficient (Wildman–Crippen LogP) is 4.32. The fourth-order valence-electron chi connectivity index (χ4n) is 4.12. The van der Waals surface area contributed by atoms with Crippen LogP contribution >= 0.6 is 11.8 Å². The molecule has 1 aliphatic carbocycles. The highest BCUT2D eigenvalue weighted by atomic mass is 32.2. The first-order chi connectivity index (χ1) is 8.85. The fraction of sp³-hybridized carbons (Fsp3) is 1.00. The number of hydrogen-bond acceptors (Lipinski definition) is 2. The Hall–Kier alpha value is 0.310.